The Labute approximate surface area is 135 Å². The molecule has 0 heterocycles. The molecule has 20 heavy (non-hydrogen) atoms. The molecule has 0 aromatic rings. The van der Waals surface area contributed by atoms with E-state index in [1.54, 1.807) is 0 Å². The molecule has 0 bridgehead atoms. The van der Waals surface area contributed by atoms with Crippen molar-refractivity contribution in [1.82, 2.24) is 4.34 Å². The molecule has 0 spiro atoms. The van der Waals surface area contributed by atoms with Crippen molar-refractivity contribution in [2.24, 2.45) is 0 Å². The summed E-state index contributed by atoms with van der Waals surface area (Å²) in [5, 5.41) is 0. The zero-order valence-corrected chi connectivity index (χ0v) is 15.2. The summed E-state index contributed by atoms with van der Waals surface area (Å²) in [4.78, 5) is 0. The lowest BCUT2D eigenvalue weighted by Crippen LogP contribution is -2.05. The minimum Gasteiger partial charge on any atom is -0.381 e. The van der Waals surface area contributed by atoms with Crippen molar-refractivity contribution in [3.63, 3.8) is 0 Å². The second kappa shape index (κ2) is 19.4. The number of halogens is 1. The lowest BCUT2D eigenvalue weighted by atomic mass is 10.1. The van der Waals surface area contributed by atoms with Crippen LogP contribution >= 0.6 is 16.1 Å². The highest BCUT2D eigenvalue weighted by Gasteiger charge is 1.94. The Morgan fingerprint density at radius 2 is 1.10 bits per heavy atom. The highest BCUT2D eigenvalue weighted by molar-refractivity contribution is 9.08. The van der Waals surface area contributed by atoms with Crippen molar-refractivity contribution < 1.29 is 4.74 Å². The lowest BCUT2D eigenvalue weighted by molar-refractivity contribution is 0.128. The lowest BCUT2D eigenvalue weighted by Gasteiger charge is -2.04. The van der Waals surface area contributed by atoms with Crippen molar-refractivity contribution >= 4 is 16.1 Å². The summed E-state index contributed by atoms with van der Waals surface area (Å²) in [5.74, 6) is 0. The van der Waals surface area contributed by atoms with Crippen molar-refractivity contribution in [1.29, 1.82) is 0 Å². The molecule has 3 heteroatoms. The maximum Gasteiger partial charge on any atom is 0.0478 e. The van der Waals surface area contributed by atoms with Gasteiger partial charge in [0.25, 0.3) is 0 Å². The van der Waals surface area contributed by atoms with E-state index in [1.807, 2.05) is 0 Å². The molecular formula is C17H36BrNO. The highest BCUT2D eigenvalue weighted by Crippen LogP contribution is 2.11. The quantitative estimate of drug-likeness (QED) is 0.257. The first-order chi connectivity index (χ1) is 9.91. The van der Waals surface area contributed by atoms with Crippen LogP contribution in [0.2, 0.25) is 0 Å². The number of ether oxygens (including phenoxy) is 1. The fourth-order valence-electron chi connectivity index (χ4n) is 2.39. The van der Waals surface area contributed by atoms with E-state index in [0.717, 1.165) is 26.2 Å². The molecule has 0 radical (unpaired) electrons. The molecule has 0 aromatic heterocycles. The molecule has 0 saturated carbocycles. The summed E-state index contributed by atoms with van der Waals surface area (Å²) in [6.45, 7) is 5.10. The van der Waals surface area contributed by atoms with E-state index in [0.29, 0.717) is 0 Å². The number of hydrogen-bond acceptors (Lipinski definition) is 2. The molecule has 1 N–H and O–H groups in total. The smallest absolute Gasteiger partial charge is 0.0478 e. The number of hydrogen-bond donors (Lipinski definition) is 1. The van der Waals surface area contributed by atoms with Crippen LogP contribution in [0.25, 0.3) is 0 Å². The first-order valence-corrected chi connectivity index (χ1v) is 9.62. The molecule has 0 rings (SSSR count). The second-order valence-electron chi connectivity index (χ2n) is 5.74. The van der Waals surface area contributed by atoms with Crippen molar-refractivity contribution in [3.05, 3.63) is 0 Å². The molecule has 0 amide bonds. The molecule has 0 aliphatic carbocycles. The Morgan fingerprint density at radius 1 is 0.650 bits per heavy atom. The predicted molar refractivity (Wildman–Crippen MR) is 93.4 cm³/mol. The Hall–Kier alpha value is 0.400. The third-order valence-corrected chi connectivity index (χ3v) is 4.10. The van der Waals surface area contributed by atoms with Crippen molar-refractivity contribution in [3.8, 4) is 0 Å². The minimum atomic E-state index is 0.886. The van der Waals surface area contributed by atoms with Gasteiger partial charge in [-0.25, -0.2) is 0 Å². The highest BCUT2D eigenvalue weighted by atomic mass is 79.9. The molecule has 0 aliphatic heterocycles. The fraction of sp³-hybridized carbons (Fsp3) is 1.00. The van der Waals surface area contributed by atoms with E-state index in [-0.39, 0.29) is 0 Å². The van der Waals surface area contributed by atoms with Gasteiger partial charge in [0.2, 0.25) is 0 Å². The van der Waals surface area contributed by atoms with Crippen molar-refractivity contribution in [2.75, 3.05) is 19.8 Å². The van der Waals surface area contributed by atoms with Gasteiger partial charge >= 0.3 is 0 Å². The van der Waals surface area contributed by atoms with Crippen LogP contribution in [0.3, 0.4) is 0 Å². The summed E-state index contributed by atoms with van der Waals surface area (Å²) in [6, 6.07) is 0. The van der Waals surface area contributed by atoms with E-state index in [9.17, 15) is 0 Å². The van der Waals surface area contributed by atoms with Crippen LogP contribution in [0.1, 0.15) is 90.4 Å². The third kappa shape index (κ3) is 18.4. The van der Waals surface area contributed by atoms with E-state index >= 15 is 0 Å². The van der Waals surface area contributed by atoms with Gasteiger partial charge in [-0.2, -0.15) is 0 Å². The van der Waals surface area contributed by atoms with Gasteiger partial charge in [-0.1, -0.05) is 77.6 Å². The first kappa shape index (κ1) is 20.4. The Kier molecular flexibility index (Phi) is 19.8. The van der Waals surface area contributed by atoms with E-state index < -0.39 is 0 Å². The topological polar surface area (TPSA) is 21.3 Å². The molecule has 0 atom stereocenters. The van der Waals surface area contributed by atoms with Gasteiger partial charge < -0.3 is 4.74 Å². The standard InChI is InChI=1S/C17H36BrNO/c1-2-3-4-5-6-7-8-9-10-11-12-13-16-20-17-14-15-19-18/h19H,2-17H2,1H3. The fourth-order valence-corrected chi connectivity index (χ4v) is 2.67. The van der Waals surface area contributed by atoms with Gasteiger partial charge in [-0.05, 0) is 12.8 Å². The summed E-state index contributed by atoms with van der Waals surface area (Å²) in [6.07, 6.45) is 17.9. The van der Waals surface area contributed by atoms with Gasteiger partial charge in [0.15, 0.2) is 0 Å². The van der Waals surface area contributed by atoms with Crippen LogP contribution in [0.15, 0.2) is 0 Å². The zero-order chi connectivity index (χ0) is 14.7. The molecule has 0 aromatic carbocycles. The predicted octanol–water partition coefficient (Wildman–Crippen LogP) is 5.99. The molecule has 0 unspecified atom stereocenters. The summed E-state index contributed by atoms with van der Waals surface area (Å²) < 4.78 is 8.52. The molecule has 0 saturated heterocycles. The molecular weight excluding hydrogens is 314 g/mol. The summed E-state index contributed by atoms with van der Waals surface area (Å²) in [5.41, 5.74) is 0. The summed E-state index contributed by atoms with van der Waals surface area (Å²) in [7, 11) is 0. The normalized spacial score (nSPS) is 11.1. The van der Waals surface area contributed by atoms with Crippen LogP contribution < -0.4 is 4.34 Å². The van der Waals surface area contributed by atoms with Crippen LogP contribution in [0, 0.1) is 0 Å². The Morgan fingerprint density at radius 3 is 1.60 bits per heavy atom. The number of unbranched alkanes of at least 4 members (excludes halogenated alkanes) is 11. The van der Waals surface area contributed by atoms with E-state index in [4.69, 9.17) is 4.74 Å². The van der Waals surface area contributed by atoms with Gasteiger partial charge in [0.05, 0.1) is 0 Å². The van der Waals surface area contributed by atoms with Gasteiger partial charge in [0.1, 0.15) is 0 Å². The average molecular weight is 350 g/mol. The van der Waals surface area contributed by atoms with Crippen molar-refractivity contribution in [2.45, 2.75) is 90.4 Å². The maximum atomic E-state index is 5.57. The Balaban J connectivity index is 2.89. The second-order valence-corrected chi connectivity index (χ2v) is 6.30. The average Bonchev–Trinajstić information content (AvgIpc) is 2.47. The number of nitrogens with one attached hydrogen (secondary N) is 1. The molecule has 0 fully saturated rings. The first-order valence-electron chi connectivity index (χ1n) is 8.83. The largest absolute Gasteiger partial charge is 0.381 e. The van der Waals surface area contributed by atoms with Crippen LogP contribution in [0.4, 0.5) is 0 Å². The number of rotatable bonds is 17. The van der Waals surface area contributed by atoms with Crippen LogP contribution in [-0.2, 0) is 4.74 Å². The maximum absolute atomic E-state index is 5.57. The molecule has 122 valence electrons. The van der Waals surface area contributed by atoms with Gasteiger partial charge in [0, 0.05) is 35.9 Å². The Bertz CT molecular complexity index is 149. The van der Waals surface area contributed by atoms with Gasteiger partial charge in [-0.15, -0.1) is 0 Å². The molecule has 0 aliphatic rings. The van der Waals surface area contributed by atoms with E-state index in [1.165, 1.54) is 77.0 Å². The van der Waals surface area contributed by atoms with Crippen LogP contribution in [-0.4, -0.2) is 19.8 Å². The van der Waals surface area contributed by atoms with E-state index in [2.05, 4.69) is 27.4 Å². The molecule has 2 nitrogen and oxygen atoms in total. The SMILES string of the molecule is CCCCCCCCCCCCCCOCCCNBr. The third-order valence-electron chi connectivity index (χ3n) is 3.70. The zero-order valence-electron chi connectivity index (χ0n) is 13.6. The minimum absolute atomic E-state index is 0.886. The van der Waals surface area contributed by atoms with Crippen LogP contribution in [0.5, 0.6) is 0 Å². The monoisotopic (exact) mass is 349 g/mol. The van der Waals surface area contributed by atoms with Gasteiger partial charge in [-0.3, -0.25) is 4.34 Å². The summed E-state index contributed by atoms with van der Waals surface area (Å²) >= 11 is 3.19.